The Morgan fingerprint density at radius 1 is 1.09 bits per heavy atom. The molecule has 4 N–H and O–H groups in total. The molecular formula is C26H29N5O2S. The van der Waals surface area contributed by atoms with E-state index in [0.29, 0.717) is 28.5 Å². The van der Waals surface area contributed by atoms with Crippen LogP contribution in [0.3, 0.4) is 0 Å². The zero-order chi connectivity index (χ0) is 23.3. The van der Waals surface area contributed by atoms with Crippen LogP contribution in [0.2, 0.25) is 0 Å². The van der Waals surface area contributed by atoms with Gasteiger partial charge in [0.1, 0.15) is 0 Å². The Balaban J connectivity index is 1.09. The van der Waals surface area contributed by atoms with Gasteiger partial charge >= 0.3 is 0 Å². The average molecular weight is 476 g/mol. The first-order chi connectivity index (χ1) is 16.6. The van der Waals surface area contributed by atoms with Gasteiger partial charge in [-0.1, -0.05) is 42.5 Å². The van der Waals surface area contributed by atoms with E-state index >= 15 is 0 Å². The molecule has 2 heterocycles. The van der Waals surface area contributed by atoms with Crippen LogP contribution in [0.4, 0.5) is 10.7 Å². The molecule has 0 spiro atoms. The van der Waals surface area contributed by atoms with Gasteiger partial charge in [0.15, 0.2) is 6.23 Å². The number of amides is 1. The standard InChI is InChI=1S/C26H29N5O2S/c32-24-23(34-26(33)31-24)14-21-12-13-28-25(30-21)29-20-10-8-17(9-11-20)15-27-16-19-6-3-5-18-4-1-2-7-22(18)19/h1-7,12-14,17,20,24,27,32H,8-11,15-16H2,(H,31,33)(H,28,29,30)/b23-14-/t17-,20-,24?. The Labute approximate surface area is 203 Å². The van der Waals surface area contributed by atoms with E-state index in [4.69, 9.17) is 0 Å². The van der Waals surface area contributed by atoms with E-state index in [1.807, 2.05) is 0 Å². The largest absolute Gasteiger partial charge is 0.369 e. The number of aliphatic hydroxyl groups is 1. The fraction of sp³-hybridized carbons (Fsp3) is 0.346. The molecule has 1 aromatic heterocycles. The number of aliphatic hydroxyl groups excluding tert-OH is 1. The summed E-state index contributed by atoms with van der Waals surface area (Å²) < 4.78 is 0. The van der Waals surface area contributed by atoms with Gasteiger partial charge in [-0.25, -0.2) is 9.97 Å². The van der Waals surface area contributed by atoms with Crippen molar-refractivity contribution in [2.45, 2.75) is 44.5 Å². The minimum absolute atomic E-state index is 0.255. The lowest BCUT2D eigenvalue weighted by Crippen LogP contribution is -2.31. The topological polar surface area (TPSA) is 99.2 Å². The predicted molar refractivity (Wildman–Crippen MR) is 137 cm³/mol. The number of benzene rings is 2. The number of aromatic nitrogens is 2. The minimum atomic E-state index is -0.964. The summed E-state index contributed by atoms with van der Waals surface area (Å²) >= 11 is 0.990. The monoisotopic (exact) mass is 475 g/mol. The first kappa shape index (κ1) is 22.8. The van der Waals surface area contributed by atoms with Crippen molar-refractivity contribution in [3.05, 3.63) is 70.9 Å². The summed E-state index contributed by atoms with van der Waals surface area (Å²) in [7, 11) is 0. The lowest BCUT2D eigenvalue weighted by Gasteiger charge is -2.29. The summed E-state index contributed by atoms with van der Waals surface area (Å²) in [6, 6.07) is 17.2. The van der Waals surface area contributed by atoms with Crippen LogP contribution >= 0.6 is 11.8 Å². The fourth-order valence-corrected chi connectivity index (χ4v) is 5.44. The number of nitrogens with one attached hydrogen (secondary N) is 3. The number of nitrogens with zero attached hydrogens (tertiary/aromatic N) is 2. The molecule has 2 aliphatic rings. The number of hydrogen-bond acceptors (Lipinski definition) is 7. The van der Waals surface area contributed by atoms with Crippen LogP contribution in [0.15, 0.2) is 59.6 Å². The Morgan fingerprint density at radius 2 is 1.91 bits per heavy atom. The molecule has 5 rings (SSSR count). The maximum Gasteiger partial charge on any atom is 0.285 e. The molecular weight excluding hydrogens is 446 g/mol. The second-order valence-electron chi connectivity index (χ2n) is 8.92. The van der Waals surface area contributed by atoms with E-state index in [0.717, 1.165) is 37.7 Å². The molecule has 8 heteroatoms. The smallest absolute Gasteiger partial charge is 0.285 e. The maximum atomic E-state index is 11.4. The Hall–Kier alpha value is -2.94. The SMILES string of the molecule is O=C1NC(O)/C(=C/c2ccnc(N[C@H]3CC[C@H](CNCc4cccc5ccccc45)CC3)n2)S1. The molecule has 3 aromatic rings. The van der Waals surface area contributed by atoms with Crippen LogP contribution in [0.1, 0.15) is 36.9 Å². The van der Waals surface area contributed by atoms with Crippen molar-refractivity contribution in [1.29, 1.82) is 0 Å². The van der Waals surface area contributed by atoms with E-state index in [2.05, 4.69) is 68.4 Å². The van der Waals surface area contributed by atoms with Crippen molar-refractivity contribution in [3.63, 3.8) is 0 Å². The molecule has 1 amide bonds. The number of carbonyl (C=O) groups excluding carboxylic acids is 1. The van der Waals surface area contributed by atoms with E-state index in [1.165, 1.54) is 29.2 Å². The Kier molecular flexibility index (Phi) is 7.08. The molecule has 1 saturated heterocycles. The molecule has 2 fully saturated rings. The van der Waals surface area contributed by atoms with Gasteiger partial charge in [0.25, 0.3) is 5.24 Å². The van der Waals surface area contributed by atoms with Gasteiger partial charge in [0.05, 0.1) is 5.69 Å². The number of rotatable bonds is 7. The summed E-state index contributed by atoms with van der Waals surface area (Å²) in [5, 5.41) is 21.8. The van der Waals surface area contributed by atoms with Crippen LogP contribution in [-0.4, -0.2) is 39.1 Å². The second-order valence-corrected chi connectivity index (χ2v) is 9.97. The third-order valence-electron chi connectivity index (χ3n) is 6.51. The minimum Gasteiger partial charge on any atom is -0.369 e. The zero-order valence-electron chi connectivity index (χ0n) is 18.9. The molecule has 176 valence electrons. The van der Waals surface area contributed by atoms with Gasteiger partial charge in [-0.05, 0) is 78.4 Å². The molecule has 0 radical (unpaired) electrons. The van der Waals surface area contributed by atoms with Gasteiger partial charge in [0.2, 0.25) is 5.95 Å². The van der Waals surface area contributed by atoms with E-state index in [1.54, 1.807) is 18.3 Å². The normalized spacial score (nSPS) is 23.9. The average Bonchev–Trinajstić information content (AvgIpc) is 3.17. The third-order valence-corrected chi connectivity index (χ3v) is 7.39. The van der Waals surface area contributed by atoms with E-state index in [9.17, 15) is 9.90 Å². The van der Waals surface area contributed by atoms with E-state index in [-0.39, 0.29) is 5.24 Å². The Bertz CT molecular complexity index is 1190. The first-order valence-electron chi connectivity index (χ1n) is 11.8. The molecule has 1 aliphatic heterocycles. The number of carbonyl (C=O) groups is 1. The van der Waals surface area contributed by atoms with Crippen LogP contribution in [-0.2, 0) is 6.54 Å². The van der Waals surface area contributed by atoms with Crippen LogP contribution < -0.4 is 16.0 Å². The molecule has 2 aromatic carbocycles. The highest BCUT2D eigenvalue weighted by atomic mass is 32.2. The molecule has 1 saturated carbocycles. The summed E-state index contributed by atoms with van der Waals surface area (Å²) in [6.07, 6.45) is 6.96. The lowest BCUT2D eigenvalue weighted by atomic mass is 9.86. The van der Waals surface area contributed by atoms with E-state index < -0.39 is 6.23 Å². The Morgan fingerprint density at radius 3 is 2.74 bits per heavy atom. The summed E-state index contributed by atoms with van der Waals surface area (Å²) in [4.78, 5) is 20.8. The predicted octanol–water partition coefficient (Wildman–Crippen LogP) is 4.51. The number of hydrogen-bond donors (Lipinski definition) is 4. The number of anilines is 1. The van der Waals surface area contributed by atoms with Crippen molar-refractivity contribution in [1.82, 2.24) is 20.6 Å². The molecule has 1 aliphatic carbocycles. The molecule has 7 nitrogen and oxygen atoms in total. The zero-order valence-corrected chi connectivity index (χ0v) is 19.7. The molecule has 1 atom stereocenters. The summed E-state index contributed by atoms with van der Waals surface area (Å²) in [6.45, 7) is 1.92. The number of fused-ring (bicyclic) bond motifs is 1. The van der Waals surface area contributed by atoms with Gasteiger partial charge < -0.3 is 21.1 Å². The van der Waals surface area contributed by atoms with Gasteiger partial charge in [-0.15, -0.1) is 0 Å². The van der Waals surface area contributed by atoms with Gasteiger partial charge in [-0.3, -0.25) is 4.79 Å². The van der Waals surface area contributed by atoms with Crippen molar-refractivity contribution in [2.24, 2.45) is 5.92 Å². The fourth-order valence-electron chi connectivity index (χ4n) is 4.70. The summed E-state index contributed by atoms with van der Waals surface area (Å²) in [5.74, 6) is 1.26. The summed E-state index contributed by atoms with van der Waals surface area (Å²) in [5.41, 5.74) is 2.02. The molecule has 0 bridgehead atoms. The van der Waals surface area contributed by atoms with Gasteiger partial charge in [-0.2, -0.15) is 0 Å². The molecule has 1 unspecified atom stereocenters. The quantitative estimate of drug-likeness (QED) is 0.399. The van der Waals surface area contributed by atoms with Crippen molar-refractivity contribution >= 4 is 39.8 Å². The highest BCUT2D eigenvalue weighted by Gasteiger charge is 2.25. The van der Waals surface area contributed by atoms with Crippen LogP contribution in [0.5, 0.6) is 0 Å². The lowest BCUT2D eigenvalue weighted by molar-refractivity contribution is 0.192. The maximum absolute atomic E-state index is 11.4. The van der Waals surface area contributed by atoms with Crippen molar-refractivity contribution in [2.75, 3.05) is 11.9 Å². The first-order valence-corrected chi connectivity index (χ1v) is 12.6. The van der Waals surface area contributed by atoms with Crippen LogP contribution in [0, 0.1) is 5.92 Å². The van der Waals surface area contributed by atoms with Crippen molar-refractivity contribution in [3.8, 4) is 0 Å². The van der Waals surface area contributed by atoms with Crippen molar-refractivity contribution < 1.29 is 9.90 Å². The third kappa shape index (κ3) is 5.58. The number of thioether (sulfide) groups is 1. The molecule has 34 heavy (non-hydrogen) atoms. The van der Waals surface area contributed by atoms with Crippen LogP contribution in [0.25, 0.3) is 16.8 Å². The van der Waals surface area contributed by atoms with Gasteiger partial charge in [0, 0.05) is 23.7 Å². The highest BCUT2D eigenvalue weighted by molar-refractivity contribution is 8.17. The highest BCUT2D eigenvalue weighted by Crippen LogP contribution is 2.29. The second kappa shape index (κ2) is 10.5.